The van der Waals surface area contributed by atoms with Crippen molar-refractivity contribution in [1.29, 1.82) is 0 Å². The number of hydrogen-bond acceptors (Lipinski definition) is 3. The summed E-state index contributed by atoms with van der Waals surface area (Å²) in [5, 5.41) is 5.90. The smallest absolute Gasteiger partial charge is 0.155 e. The van der Waals surface area contributed by atoms with Gasteiger partial charge in [-0.2, -0.15) is 5.10 Å². The Morgan fingerprint density at radius 3 is 3.12 bits per heavy atom. The van der Waals surface area contributed by atoms with Crippen LogP contribution in [0.15, 0.2) is 16.9 Å². The molecule has 90 valence electrons. The summed E-state index contributed by atoms with van der Waals surface area (Å²) >= 11 is 9.59. The van der Waals surface area contributed by atoms with E-state index in [1.807, 2.05) is 10.7 Å². The quantitative estimate of drug-likeness (QED) is 0.755. The molecule has 0 spiro atoms. The summed E-state index contributed by atoms with van der Waals surface area (Å²) in [6.07, 6.45) is 4.89. The van der Waals surface area contributed by atoms with Gasteiger partial charge in [0.05, 0.1) is 0 Å². The van der Waals surface area contributed by atoms with Crippen LogP contribution in [0.1, 0.15) is 25.5 Å². The molecule has 2 aromatic heterocycles. The number of halogens is 2. The van der Waals surface area contributed by atoms with E-state index in [9.17, 15) is 0 Å². The predicted molar refractivity (Wildman–Crippen MR) is 69.1 cm³/mol. The summed E-state index contributed by atoms with van der Waals surface area (Å²) in [7, 11) is 0. The first-order chi connectivity index (χ1) is 8.27. The number of hydrogen-bond donors (Lipinski definition) is 0. The fraction of sp³-hybridized carbons (Fsp3) is 0.455. The van der Waals surface area contributed by atoms with Gasteiger partial charge in [-0.05, 0) is 41.3 Å². The first-order valence-electron chi connectivity index (χ1n) is 5.57. The number of rotatable bonds is 1. The fourth-order valence-corrected chi connectivity index (χ4v) is 2.87. The van der Waals surface area contributed by atoms with Crippen molar-refractivity contribution in [3.8, 4) is 0 Å². The summed E-state index contributed by atoms with van der Waals surface area (Å²) in [6.45, 7) is 0.779. The summed E-state index contributed by atoms with van der Waals surface area (Å²) < 4.78 is 8.36. The van der Waals surface area contributed by atoms with E-state index in [1.165, 1.54) is 0 Å². The number of ether oxygens (including phenoxy) is 1. The monoisotopic (exact) mass is 315 g/mol. The molecule has 0 bridgehead atoms. The topological polar surface area (TPSA) is 39.9 Å². The normalized spacial score (nSPS) is 20.9. The van der Waals surface area contributed by atoms with Crippen molar-refractivity contribution in [1.82, 2.24) is 14.8 Å². The second-order valence-electron chi connectivity index (χ2n) is 4.05. The Balaban J connectivity index is 2.15. The first kappa shape index (κ1) is 11.4. The van der Waals surface area contributed by atoms with Crippen molar-refractivity contribution in [2.45, 2.75) is 25.5 Å². The third-order valence-corrected chi connectivity index (χ3v) is 3.82. The molecule has 1 saturated heterocycles. The van der Waals surface area contributed by atoms with Crippen LogP contribution in [0.5, 0.6) is 0 Å². The highest BCUT2D eigenvalue weighted by Crippen LogP contribution is 2.32. The highest BCUT2D eigenvalue weighted by molar-refractivity contribution is 9.10. The van der Waals surface area contributed by atoms with Crippen LogP contribution in [0, 0.1) is 0 Å². The zero-order valence-electron chi connectivity index (χ0n) is 9.07. The molecule has 0 aliphatic carbocycles. The Morgan fingerprint density at radius 2 is 2.35 bits per heavy atom. The van der Waals surface area contributed by atoms with Gasteiger partial charge in [0.25, 0.3) is 0 Å². The molecule has 0 N–H and O–H groups in total. The highest BCUT2D eigenvalue weighted by atomic mass is 79.9. The average Bonchev–Trinajstić information content (AvgIpc) is 2.70. The molecule has 3 rings (SSSR count). The van der Waals surface area contributed by atoms with Crippen molar-refractivity contribution in [3.63, 3.8) is 0 Å². The van der Waals surface area contributed by atoms with Crippen molar-refractivity contribution in [2.75, 3.05) is 6.61 Å². The molecule has 1 fully saturated rings. The molecule has 3 heterocycles. The van der Waals surface area contributed by atoms with Crippen LogP contribution >= 0.6 is 27.5 Å². The molecule has 6 heteroatoms. The van der Waals surface area contributed by atoms with Crippen LogP contribution in [0.4, 0.5) is 0 Å². The molecule has 1 atom stereocenters. The lowest BCUT2D eigenvalue weighted by molar-refractivity contribution is -0.0368. The van der Waals surface area contributed by atoms with Crippen LogP contribution in [0.3, 0.4) is 0 Å². The molecule has 1 aliphatic heterocycles. The van der Waals surface area contributed by atoms with E-state index in [1.54, 1.807) is 6.20 Å². The minimum atomic E-state index is -0.0285. The molecule has 1 unspecified atom stereocenters. The lowest BCUT2D eigenvalue weighted by Crippen LogP contribution is -2.19. The predicted octanol–water partition coefficient (Wildman–Crippen LogP) is 3.55. The average molecular weight is 317 g/mol. The largest absolute Gasteiger partial charge is 0.356 e. The van der Waals surface area contributed by atoms with Crippen LogP contribution in [-0.2, 0) is 4.74 Å². The zero-order valence-corrected chi connectivity index (χ0v) is 11.4. The van der Waals surface area contributed by atoms with Crippen molar-refractivity contribution < 1.29 is 4.74 Å². The molecule has 0 aromatic carbocycles. The Bertz CT molecular complexity index is 551. The molecular weight excluding hydrogens is 305 g/mol. The third-order valence-electron chi connectivity index (χ3n) is 2.95. The minimum absolute atomic E-state index is 0.0285. The highest BCUT2D eigenvalue weighted by Gasteiger charge is 2.22. The van der Waals surface area contributed by atoms with Gasteiger partial charge >= 0.3 is 0 Å². The maximum Gasteiger partial charge on any atom is 0.155 e. The Morgan fingerprint density at radius 1 is 1.47 bits per heavy atom. The minimum Gasteiger partial charge on any atom is -0.356 e. The number of aromatic nitrogens is 3. The van der Waals surface area contributed by atoms with Crippen LogP contribution in [0.25, 0.3) is 10.9 Å². The van der Waals surface area contributed by atoms with E-state index < -0.39 is 0 Å². The summed E-state index contributed by atoms with van der Waals surface area (Å²) in [5.74, 6) is 0. The van der Waals surface area contributed by atoms with E-state index in [0.717, 1.165) is 41.4 Å². The van der Waals surface area contributed by atoms with Gasteiger partial charge < -0.3 is 4.74 Å². The molecule has 1 aliphatic rings. The van der Waals surface area contributed by atoms with Crippen LogP contribution < -0.4 is 0 Å². The van der Waals surface area contributed by atoms with Crippen molar-refractivity contribution in [3.05, 3.63) is 22.0 Å². The Labute approximate surface area is 112 Å². The number of pyridine rings is 1. The van der Waals surface area contributed by atoms with E-state index in [0.29, 0.717) is 5.15 Å². The Hall–Kier alpha value is -0.650. The van der Waals surface area contributed by atoms with Gasteiger partial charge in [0.1, 0.15) is 10.1 Å². The van der Waals surface area contributed by atoms with E-state index in [2.05, 4.69) is 26.0 Å². The van der Waals surface area contributed by atoms with Gasteiger partial charge in [-0.15, -0.1) is 0 Å². The number of nitrogens with zero attached hydrogens (tertiary/aromatic N) is 3. The summed E-state index contributed by atoms with van der Waals surface area (Å²) in [6, 6.07) is 1.90. The number of fused-ring (bicyclic) bond motifs is 1. The van der Waals surface area contributed by atoms with Gasteiger partial charge in [-0.3, -0.25) is 0 Å². The maximum absolute atomic E-state index is 6.15. The second kappa shape index (κ2) is 4.55. The zero-order chi connectivity index (χ0) is 11.8. The van der Waals surface area contributed by atoms with E-state index >= 15 is 0 Å². The molecule has 0 radical (unpaired) electrons. The molecular formula is C11H11BrClN3O. The summed E-state index contributed by atoms with van der Waals surface area (Å²) in [4.78, 5) is 4.10. The lowest BCUT2D eigenvalue weighted by Gasteiger charge is -2.23. The SMILES string of the molecule is Clc1nccc2c(Br)nn(C3CCCCO3)c12. The van der Waals surface area contributed by atoms with Gasteiger partial charge in [-0.1, -0.05) is 11.6 Å². The summed E-state index contributed by atoms with van der Waals surface area (Å²) in [5.41, 5.74) is 0.841. The second-order valence-corrected chi connectivity index (χ2v) is 5.16. The Kier molecular flexibility index (Phi) is 3.06. The standard InChI is InChI=1S/C11H11BrClN3O/c12-10-7-4-5-14-11(13)9(7)16(15-10)8-3-1-2-6-17-8/h4-5,8H,1-3,6H2. The van der Waals surface area contributed by atoms with Gasteiger partial charge in [-0.25, -0.2) is 9.67 Å². The molecule has 2 aromatic rings. The van der Waals surface area contributed by atoms with Gasteiger partial charge in [0.15, 0.2) is 11.4 Å². The molecule has 0 saturated carbocycles. The van der Waals surface area contributed by atoms with Crippen LogP contribution in [0.2, 0.25) is 5.15 Å². The maximum atomic E-state index is 6.15. The van der Waals surface area contributed by atoms with Crippen molar-refractivity contribution >= 4 is 38.4 Å². The van der Waals surface area contributed by atoms with E-state index in [-0.39, 0.29) is 6.23 Å². The van der Waals surface area contributed by atoms with Crippen molar-refractivity contribution in [2.24, 2.45) is 0 Å². The van der Waals surface area contributed by atoms with Gasteiger partial charge in [0.2, 0.25) is 0 Å². The van der Waals surface area contributed by atoms with Crippen LogP contribution in [-0.4, -0.2) is 21.4 Å². The fourth-order valence-electron chi connectivity index (χ4n) is 2.14. The lowest BCUT2D eigenvalue weighted by atomic mass is 10.2. The molecule has 0 amide bonds. The molecule has 17 heavy (non-hydrogen) atoms. The first-order valence-corrected chi connectivity index (χ1v) is 6.74. The van der Waals surface area contributed by atoms with E-state index in [4.69, 9.17) is 16.3 Å². The van der Waals surface area contributed by atoms with Gasteiger partial charge in [0, 0.05) is 18.2 Å². The molecule has 4 nitrogen and oxygen atoms in total. The third kappa shape index (κ3) is 1.96.